The number of hydrogen-bond donors (Lipinski definition) is 0. The number of anilines is 1. The van der Waals surface area contributed by atoms with Crippen molar-refractivity contribution in [3.8, 4) is 0 Å². The summed E-state index contributed by atoms with van der Waals surface area (Å²) in [5.74, 6) is 0.934. The second-order valence-corrected chi connectivity index (χ2v) is 13.9. The fraction of sp³-hybridized carbons (Fsp3) is 0.575. The molecule has 0 fully saturated rings. The molecule has 2 unspecified atom stereocenters. The molecular formula is C40H59N5O2S. The first-order valence-electron chi connectivity index (χ1n) is 18.4. The summed E-state index contributed by atoms with van der Waals surface area (Å²) in [4.78, 5) is 15.5. The molecule has 0 N–H and O–H groups in total. The van der Waals surface area contributed by atoms with Gasteiger partial charge in [-0.15, -0.1) is 20.5 Å². The molecule has 0 saturated carbocycles. The molecule has 0 spiro atoms. The molecule has 1 heterocycles. The van der Waals surface area contributed by atoms with Crippen LogP contribution in [-0.2, 0) is 11.2 Å². The smallest absolute Gasteiger partial charge is 0.341 e. The maximum absolute atomic E-state index is 12.8. The van der Waals surface area contributed by atoms with Crippen LogP contribution in [0.2, 0.25) is 0 Å². The van der Waals surface area contributed by atoms with E-state index in [1.165, 1.54) is 86.8 Å². The first-order valence-corrected chi connectivity index (χ1v) is 19.3. The van der Waals surface area contributed by atoms with Gasteiger partial charge in [-0.3, -0.25) is 0 Å². The van der Waals surface area contributed by atoms with E-state index in [0.717, 1.165) is 36.4 Å². The Labute approximate surface area is 294 Å². The number of esters is 1. The fourth-order valence-electron chi connectivity index (χ4n) is 5.86. The van der Waals surface area contributed by atoms with Crippen LogP contribution in [0.1, 0.15) is 127 Å². The van der Waals surface area contributed by atoms with Crippen LogP contribution in [0.25, 0.3) is 0 Å². The number of rotatable bonds is 22. The first-order chi connectivity index (χ1) is 23.3. The highest BCUT2D eigenvalue weighted by molar-refractivity contribution is 7.19. The standard InChI is InChI=1S/C40H59N5O2S/c1-8-14-17-31(11-4)28-45(29-32(12-5)18-15-9-2)35-24-25-37(30(7)26-35)42-44-39-36(40(46)47-13-6)27-38(48-39)43-41-34-22-20-33(21-23-34)19-16-10-3/h20-27,31-32H,8-19,28-29H2,1-7H3. The Hall–Kier alpha value is -3.39. The number of aryl methyl sites for hydroxylation is 2. The molecule has 262 valence electrons. The maximum atomic E-state index is 12.8. The summed E-state index contributed by atoms with van der Waals surface area (Å²) < 4.78 is 5.33. The van der Waals surface area contributed by atoms with E-state index in [9.17, 15) is 4.79 Å². The molecule has 0 aliphatic carbocycles. The van der Waals surface area contributed by atoms with Gasteiger partial charge in [-0.25, -0.2) is 4.79 Å². The van der Waals surface area contributed by atoms with Crippen molar-refractivity contribution in [2.24, 2.45) is 32.3 Å². The number of azo groups is 2. The molecule has 48 heavy (non-hydrogen) atoms. The molecule has 0 saturated heterocycles. The van der Waals surface area contributed by atoms with E-state index in [0.29, 0.717) is 27.4 Å². The second kappa shape index (κ2) is 21.6. The Morgan fingerprint density at radius 1 is 0.771 bits per heavy atom. The Kier molecular flexibility index (Phi) is 17.5. The number of carbonyl (C=O) groups excluding carboxylic acids is 1. The number of carbonyl (C=O) groups is 1. The Bertz CT molecular complexity index is 1410. The van der Waals surface area contributed by atoms with E-state index in [2.05, 4.69) is 97.2 Å². The molecular weight excluding hydrogens is 615 g/mol. The molecule has 0 aliphatic heterocycles. The number of benzene rings is 2. The van der Waals surface area contributed by atoms with E-state index in [-0.39, 0.29) is 6.61 Å². The van der Waals surface area contributed by atoms with E-state index in [1.54, 1.807) is 13.0 Å². The zero-order valence-electron chi connectivity index (χ0n) is 30.6. The van der Waals surface area contributed by atoms with Crippen LogP contribution in [-0.4, -0.2) is 25.7 Å². The van der Waals surface area contributed by atoms with Gasteiger partial charge in [0.05, 0.1) is 18.0 Å². The normalized spacial score (nSPS) is 13.0. The molecule has 0 aliphatic rings. The van der Waals surface area contributed by atoms with Crippen molar-refractivity contribution in [1.29, 1.82) is 0 Å². The third kappa shape index (κ3) is 12.6. The van der Waals surface area contributed by atoms with Gasteiger partial charge in [0.15, 0.2) is 5.00 Å². The summed E-state index contributed by atoms with van der Waals surface area (Å²) in [6, 6.07) is 16.3. The van der Waals surface area contributed by atoms with Crippen LogP contribution in [0.5, 0.6) is 0 Å². The van der Waals surface area contributed by atoms with Gasteiger partial charge in [0.2, 0.25) is 0 Å². The van der Waals surface area contributed by atoms with Crippen molar-refractivity contribution in [1.82, 2.24) is 0 Å². The molecule has 0 bridgehead atoms. The van der Waals surface area contributed by atoms with Gasteiger partial charge in [0.1, 0.15) is 10.6 Å². The lowest BCUT2D eigenvalue weighted by Crippen LogP contribution is -2.34. The van der Waals surface area contributed by atoms with Crippen LogP contribution in [0.15, 0.2) is 69.0 Å². The van der Waals surface area contributed by atoms with E-state index in [1.807, 2.05) is 12.1 Å². The number of unbranched alkanes of at least 4 members (excludes halogenated alkanes) is 3. The minimum atomic E-state index is -0.436. The van der Waals surface area contributed by atoms with Crippen LogP contribution < -0.4 is 4.90 Å². The van der Waals surface area contributed by atoms with E-state index < -0.39 is 5.97 Å². The van der Waals surface area contributed by atoms with Crippen molar-refractivity contribution in [2.45, 2.75) is 119 Å². The van der Waals surface area contributed by atoms with Crippen molar-refractivity contribution in [2.75, 3.05) is 24.6 Å². The van der Waals surface area contributed by atoms with Crippen LogP contribution in [0, 0.1) is 18.8 Å². The quantitative estimate of drug-likeness (QED) is 0.0786. The largest absolute Gasteiger partial charge is 0.462 e. The molecule has 1 aromatic heterocycles. The maximum Gasteiger partial charge on any atom is 0.341 e. The zero-order chi connectivity index (χ0) is 34.7. The average molecular weight is 674 g/mol. The Balaban J connectivity index is 1.85. The number of hydrogen-bond acceptors (Lipinski definition) is 8. The predicted molar refractivity (Wildman–Crippen MR) is 204 cm³/mol. The van der Waals surface area contributed by atoms with Crippen molar-refractivity contribution in [3.05, 3.63) is 65.2 Å². The third-order valence-corrected chi connectivity index (χ3v) is 9.96. The highest BCUT2D eigenvalue weighted by Gasteiger charge is 2.20. The van der Waals surface area contributed by atoms with Crippen molar-refractivity contribution in [3.63, 3.8) is 0 Å². The lowest BCUT2D eigenvalue weighted by Gasteiger charge is -2.33. The molecule has 7 nitrogen and oxygen atoms in total. The molecule has 2 aromatic carbocycles. The zero-order valence-corrected chi connectivity index (χ0v) is 31.5. The molecule has 2 atom stereocenters. The van der Waals surface area contributed by atoms with Crippen LogP contribution >= 0.6 is 11.3 Å². The first kappa shape index (κ1) is 39.1. The van der Waals surface area contributed by atoms with Crippen molar-refractivity contribution >= 4 is 44.4 Å². The molecule has 3 rings (SSSR count). The summed E-state index contributed by atoms with van der Waals surface area (Å²) >= 11 is 1.28. The minimum absolute atomic E-state index is 0.276. The van der Waals surface area contributed by atoms with Gasteiger partial charge in [-0.1, -0.05) is 103 Å². The number of thiophene rings is 1. The molecule has 8 heteroatoms. The molecule has 0 radical (unpaired) electrons. The molecule has 3 aromatic rings. The number of nitrogens with zero attached hydrogens (tertiary/aromatic N) is 5. The van der Waals surface area contributed by atoms with Crippen molar-refractivity contribution < 1.29 is 9.53 Å². The van der Waals surface area contributed by atoms with Gasteiger partial charge < -0.3 is 9.64 Å². The van der Waals surface area contributed by atoms with Gasteiger partial charge in [0, 0.05) is 18.8 Å². The van der Waals surface area contributed by atoms with Gasteiger partial charge in [0.25, 0.3) is 0 Å². The predicted octanol–water partition coefficient (Wildman–Crippen LogP) is 13.6. The van der Waals surface area contributed by atoms with Gasteiger partial charge in [-0.2, -0.15) is 0 Å². The van der Waals surface area contributed by atoms with E-state index in [4.69, 9.17) is 4.74 Å². The highest BCUT2D eigenvalue weighted by atomic mass is 32.1. The molecule has 0 amide bonds. The van der Waals surface area contributed by atoms with Crippen LogP contribution in [0.4, 0.5) is 27.1 Å². The summed E-state index contributed by atoms with van der Waals surface area (Å²) in [7, 11) is 0. The lowest BCUT2D eigenvalue weighted by atomic mass is 9.95. The second-order valence-electron chi connectivity index (χ2n) is 12.9. The fourth-order valence-corrected chi connectivity index (χ4v) is 6.65. The summed E-state index contributed by atoms with van der Waals surface area (Å²) in [5.41, 5.74) is 5.50. The Morgan fingerprint density at radius 2 is 1.42 bits per heavy atom. The Morgan fingerprint density at radius 3 is 1.98 bits per heavy atom. The monoisotopic (exact) mass is 673 g/mol. The van der Waals surface area contributed by atoms with E-state index >= 15 is 0 Å². The summed E-state index contributed by atoms with van der Waals surface area (Å²) in [6.07, 6.45) is 13.4. The lowest BCUT2D eigenvalue weighted by molar-refractivity contribution is 0.0528. The highest BCUT2D eigenvalue weighted by Crippen LogP contribution is 2.39. The SMILES string of the molecule is CCCCc1ccc(N=Nc2cc(C(=O)OCC)c(N=Nc3ccc(N(CC(CC)CCCC)CC(CC)CCCC)cc3C)s2)cc1. The number of ether oxygens (including phenoxy) is 1. The summed E-state index contributed by atoms with van der Waals surface area (Å²) in [6.45, 7) is 17.7. The minimum Gasteiger partial charge on any atom is -0.462 e. The summed E-state index contributed by atoms with van der Waals surface area (Å²) in [5, 5.41) is 19.0. The van der Waals surface area contributed by atoms with Gasteiger partial charge in [-0.05, 0) is 98.9 Å². The topological polar surface area (TPSA) is 79.0 Å². The van der Waals surface area contributed by atoms with Crippen LogP contribution in [0.3, 0.4) is 0 Å². The third-order valence-electron chi connectivity index (χ3n) is 9.05. The van der Waals surface area contributed by atoms with Gasteiger partial charge >= 0.3 is 5.97 Å². The average Bonchev–Trinajstić information content (AvgIpc) is 3.52.